The largest absolute Gasteiger partial charge is 0.495 e. The number of esters is 1. The molecule has 2 heterocycles. The van der Waals surface area contributed by atoms with Gasteiger partial charge in [0.25, 0.3) is 0 Å². The summed E-state index contributed by atoms with van der Waals surface area (Å²) in [5, 5.41) is 4.57. The van der Waals surface area contributed by atoms with Crippen LogP contribution in [0.1, 0.15) is 22.9 Å². The number of fused-ring (bicyclic) bond motifs is 3. The second-order valence-electron chi connectivity index (χ2n) is 6.45. The van der Waals surface area contributed by atoms with Crippen molar-refractivity contribution in [2.45, 2.75) is 18.5 Å². The first-order chi connectivity index (χ1) is 13.0. The summed E-state index contributed by atoms with van der Waals surface area (Å²) in [4.78, 5) is 15.9. The number of carbonyl (C=O) groups excluding carboxylic acids is 1. The molecule has 2 N–H and O–H groups in total. The van der Waals surface area contributed by atoms with Gasteiger partial charge in [0.1, 0.15) is 11.8 Å². The molecule has 0 saturated carbocycles. The van der Waals surface area contributed by atoms with Crippen molar-refractivity contribution in [2.24, 2.45) is 0 Å². The molecule has 1 aromatic heterocycles. The lowest BCUT2D eigenvalue weighted by Gasteiger charge is -2.31. The molecule has 0 radical (unpaired) electrons. The number of rotatable bonds is 3. The lowest BCUT2D eigenvalue weighted by molar-refractivity contribution is -0.143. The number of aromatic amines is 1. The Morgan fingerprint density at radius 3 is 2.70 bits per heavy atom. The number of carbonyl (C=O) groups is 1. The molecule has 0 spiro atoms. The average molecular weight is 494 g/mol. The number of nitrogens with one attached hydrogen (secondary N) is 2. The number of hydrogen-bond donors (Lipinski definition) is 2. The fraction of sp³-hybridized carbons (Fsp3) is 0.250. The Bertz CT molecular complexity index is 1030. The van der Waals surface area contributed by atoms with E-state index in [4.69, 9.17) is 9.47 Å². The monoisotopic (exact) mass is 492 g/mol. The molecule has 0 bridgehead atoms. The molecule has 2 atom stereocenters. The van der Waals surface area contributed by atoms with E-state index in [-0.39, 0.29) is 12.0 Å². The quantitative estimate of drug-likeness (QED) is 0.528. The van der Waals surface area contributed by atoms with Crippen LogP contribution in [0.4, 0.5) is 0 Å². The molecular weight excluding hydrogens is 476 g/mol. The maximum absolute atomic E-state index is 12.4. The Morgan fingerprint density at radius 2 is 1.96 bits per heavy atom. The van der Waals surface area contributed by atoms with E-state index in [0.29, 0.717) is 6.42 Å². The fourth-order valence-corrected chi connectivity index (χ4v) is 5.20. The summed E-state index contributed by atoms with van der Waals surface area (Å²) in [6.07, 6.45) is 0.569. The van der Waals surface area contributed by atoms with E-state index < -0.39 is 6.04 Å². The third-order valence-electron chi connectivity index (χ3n) is 4.95. The van der Waals surface area contributed by atoms with Crippen LogP contribution in [-0.2, 0) is 16.0 Å². The zero-order valence-electron chi connectivity index (χ0n) is 14.8. The highest BCUT2D eigenvalue weighted by atomic mass is 79.9. The van der Waals surface area contributed by atoms with Gasteiger partial charge in [-0.3, -0.25) is 10.1 Å². The van der Waals surface area contributed by atoms with Crippen molar-refractivity contribution in [1.29, 1.82) is 0 Å². The van der Waals surface area contributed by atoms with Gasteiger partial charge in [0, 0.05) is 33.1 Å². The fourth-order valence-electron chi connectivity index (χ4n) is 3.78. The van der Waals surface area contributed by atoms with Crippen molar-refractivity contribution in [1.82, 2.24) is 10.3 Å². The van der Waals surface area contributed by atoms with Crippen LogP contribution in [0.15, 0.2) is 45.3 Å². The SMILES string of the molecule is COC(=O)C1Cc2c([nH]c3ccccc23)C(c2cc(Br)cc(Br)c2OC)N1. The molecule has 2 aromatic carbocycles. The van der Waals surface area contributed by atoms with Gasteiger partial charge < -0.3 is 14.5 Å². The summed E-state index contributed by atoms with van der Waals surface area (Å²) in [5.74, 6) is 0.454. The van der Waals surface area contributed by atoms with Crippen LogP contribution in [0.2, 0.25) is 0 Å². The Balaban J connectivity index is 1.94. The van der Waals surface area contributed by atoms with E-state index in [1.165, 1.54) is 7.11 Å². The van der Waals surface area contributed by atoms with Gasteiger partial charge >= 0.3 is 5.97 Å². The van der Waals surface area contributed by atoms with Gasteiger partial charge in [0.2, 0.25) is 0 Å². The van der Waals surface area contributed by atoms with E-state index in [2.05, 4.69) is 48.2 Å². The summed E-state index contributed by atoms with van der Waals surface area (Å²) in [6, 6.07) is 11.4. The molecule has 0 fully saturated rings. The molecule has 5 nitrogen and oxygen atoms in total. The molecule has 0 aliphatic carbocycles. The predicted octanol–water partition coefficient (Wildman–Crippen LogP) is 4.48. The molecule has 7 heteroatoms. The number of hydrogen-bond acceptors (Lipinski definition) is 4. The molecule has 3 aromatic rings. The minimum atomic E-state index is -0.436. The molecule has 27 heavy (non-hydrogen) atoms. The Kier molecular flexibility index (Phi) is 5.01. The van der Waals surface area contributed by atoms with Crippen LogP contribution < -0.4 is 10.1 Å². The van der Waals surface area contributed by atoms with Gasteiger partial charge in [-0.2, -0.15) is 0 Å². The third-order valence-corrected chi connectivity index (χ3v) is 6.00. The molecule has 0 amide bonds. The highest BCUT2D eigenvalue weighted by Crippen LogP contribution is 2.42. The van der Waals surface area contributed by atoms with E-state index in [1.54, 1.807) is 7.11 Å². The second kappa shape index (κ2) is 7.30. The van der Waals surface area contributed by atoms with Crippen molar-refractivity contribution in [2.75, 3.05) is 14.2 Å². The number of ether oxygens (including phenoxy) is 2. The maximum atomic E-state index is 12.4. The number of methoxy groups -OCH3 is 2. The highest BCUT2D eigenvalue weighted by Gasteiger charge is 2.36. The van der Waals surface area contributed by atoms with Crippen LogP contribution in [0.25, 0.3) is 10.9 Å². The number of H-pyrrole nitrogens is 1. The van der Waals surface area contributed by atoms with Gasteiger partial charge in [-0.25, -0.2) is 0 Å². The number of aromatic nitrogens is 1. The molecular formula is C20H18Br2N2O3. The molecule has 1 aliphatic heterocycles. The lowest BCUT2D eigenvalue weighted by Crippen LogP contribution is -2.45. The van der Waals surface area contributed by atoms with E-state index in [1.807, 2.05) is 30.3 Å². The summed E-state index contributed by atoms with van der Waals surface area (Å²) >= 11 is 7.13. The van der Waals surface area contributed by atoms with Gasteiger partial charge in [0.15, 0.2) is 0 Å². The van der Waals surface area contributed by atoms with Gasteiger partial charge in [0.05, 0.1) is 24.7 Å². The van der Waals surface area contributed by atoms with Gasteiger partial charge in [-0.1, -0.05) is 34.1 Å². The summed E-state index contributed by atoms with van der Waals surface area (Å²) < 4.78 is 12.4. The Labute approximate surface area is 173 Å². The Hall–Kier alpha value is -1.83. The first kappa shape index (κ1) is 18.5. The summed E-state index contributed by atoms with van der Waals surface area (Å²) in [6.45, 7) is 0. The van der Waals surface area contributed by atoms with Gasteiger partial charge in [-0.15, -0.1) is 0 Å². The van der Waals surface area contributed by atoms with Crippen molar-refractivity contribution in [3.63, 3.8) is 0 Å². The summed E-state index contributed by atoms with van der Waals surface area (Å²) in [7, 11) is 3.06. The predicted molar refractivity (Wildman–Crippen MR) is 111 cm³/mol. The zero-order valence-corrected chi connectivity index (χ0v) is 18.0. The van der Waals surface area contributed by atoms with Crippen molar-refractivity contribution < 1.29 is 14.3 Å². The number of para-hydroxylation sites is 1. The number of halogens is 2. The molecule has 1 aliphatic rings. The van der Waals surface area contributed by atoms with Crippen molar-refractivity contribution >= 4 is 48.7 Å². The van der Waals surface area contributed by atoms with Crippen molar-refractivity contribution in [3.8, 4) is 5.75 Å². The highest BCUT2D eigenvalue weighted by molar-refractivity contribution is 9.11. The van der Waals surface area contributed by atoms with Crippen molar-refractivity contribution in [3.05, 3.63) is 62.2 Å². The smallest absolute Gasteiger partial charge is 0.323 e. The first-order valence-electron chi connectivity index (χ1n) is 8.49. The second-order valence-corrected chi connectivity index (χ2v) is 8.22. The lowest BCUT2D eigenvalue weighted by atomic mass is 9.90. The number of benzene rings is 2. The van der Waals surface area contributed by atoms with E-state index >= 15 is 0 Å². The Morgan fingerprint density at radius 1 is 1.19 bits per heavy atom. The molecule has 140 valence electrons. The van der Waals surface area contributed by atoms with E-state index in [9.17, 15) is 4.79 Å². The van der Waals surface area contributed by atoms with Crippen LogP contribution in [0.3, 0.4) is 0 Å². The minimum absolute atomic E-state index is 0.242. The molecule has 0 saturated heterocycles. The topological polar surface area (TPSA) is 63.4 Å². The van der Waals surface area contributed by atoms with Crippen LogP contribution in [0.5, 0.6) is 5.75 Å². The maximum Gasteiger partial charge on any atom is 0.323 e. The standard InChI is InChI=1S/C20H18Br2N2O3/c1-26-19-13(7-10(21)8-14(19)22)18-17-12(9-16(24-18)20(25)27-2)11-5-3-4-6-15(11)23-17/h3-8,16,18,23-24H,9H2,1-2H3. The molecule has 4 rings (SSSR count). The zero-order chi connectivity index (χ0) is 19.1. The van der Waals surface area contributed by atoms with Gasteiger partial charge in [-0.05, 0) is 39.7 Å². The van der Waals surface area contributed by atoms with Crippen LogP contribution >= 0.6 is 31.9 Å². The summed E-state index contributed by atoms with van der Waals surface area (Å²) in [5.41, 5.74) is 4.15. The molecule has 2 unspecified atom stereocenters. The van der Waals surface area contributed by atoms with Crippen LogP contribution in [0, 0.1) is 0 Å². The average Bonchev–Trinajstić information content (AvgIpc) is 3.04. The first-order valence-corrected chi connectivity index (χ1v) is 10.1. The van der Waals surface area contributed by atoms with E-state index in [0.717, 1.165) is 42.4 Å². The van der Waals surface area contributed by atoms with Crippen LogP contribution in [-0.4, -0.2) is 31.2 Å². The third kappa shape index (κ3) is 3.17. The minimum Gasteiger partial charge on any atom is -0.495 e. The normalized spacial score (nSPS) is 19.0.